The number of phenols is 1. The molecule has 3 N–H and O–H groups in total. The number of hydrogen-bond donors (Lipinski definition) is 3. The molecule has 6 nitrogen and oxygen atoms in total. The van der Waals surface area contributed by atoms with Crippen LogP contribution in [0, 0.1) is 5.82 Å². The first-order chi connectivity index (χ1) is 11.1. The fourth-order valence-electron chi connectivity index (χ4n) is 1.79. The van der Waals surface area contributed by atoms with Gasteiger partial charge in [0.05, 0.1) is 25.6 Å². The molecule has 0 saturated carbocycles. The number of hydrogen-bond acceptors (Lipinski definition) is 5. The van der Waals surface area contributed by atoms with Crippen molar-refractivity contribution < 1.29 is 19.0 Å². The van der Waals surface area contributed by atoms with Crippen molar-refractivity contribution in [3.05, 3.63) is 53.8 Å². The molecule has 23 heavy (non-hydrogen) atoms. The molecule has 0 bridgehead atoms. The van der Waals surface area contributed by atoms with E-state index in [1.807, 2.05) is 0 Å². The zero-order chi connectivity index (χ0) is 16.7. The SMILES string of the molecule is COc1ccc(/C=N\NC(=O)CNc2ccccc2F)cc1O. The van der Waals surface area contributed by atoms with E-state index in [1.165, 1.54) is 31.5 Å². The Morgan fingerprint density at radius 3 is 2.83 bits per heavy atom. The molecule has 0 spiro atoms. The number of halogens is 1. The highest BCUT2D eigenvalue weighted by Crippen LogP contribution is 2.25. The molecule has 0 fully saturated rings. The maximum absolute atomic E-state index is 13.4. The summed E-state index contributed by atoms with van der Waals surface area (Å²) in [5.41, 5.74) is 3.13. The van der Waals surface area contributed by atoms with Crippen LogP contribution in [-0.4, -0.2) is 30.9 Å². The number of methoxy groups -OCH3 is 1. The number of nitrogens with zero attached hydrogens (tertiary/aromatic N) is 1. The summed E-state index contributed by atoms with van der Waals surface area (Å²) in [6.45, 7) is -0.119. The van der Waals surface area contributed by atoms with Crippen LogP contribution >= 0.6 is 0 Å². The van der Waals surface area contributed by atoms with Crippen LogP contribution in [0.1, 0.15) is 5.56 Å². The number of aromatic hydroxyl groups is 1. The topological polar surface area (TPSA) is 83.0 Å². The molecule has 0 heterocycles. The molecule has 1 amide bonds. The molecule has 0 saturated heterocycles. The van der Waals surface area contributed by atoms with Crippen molar-refractivity contribution in [2.45, 2.75) is 0 Å². The van der Waals surface area contributed by atoms with E-state index in [0.717, 1.165) is 0 Å². The summed E-state index contributed by atoms with van der Waals surface area (Å²) in [6, 6.07) is 10.8. The molecule has 0 aliphatic rings. The van der Waals surface area contributed by atoms with E-state index in [0.29, 0.717) is 11.3 Å². The van der Waals surface area contributed by atoms with Gasteiger partial charge in [0.1, 0.15) is 5.82 Å². The Hall–Kier alpha value is -3.09. The molecule has 0 aromatic heterocycles. The summed E-state index contributed by atoms with van der Waals surface area (Å²) in [7, 11) is 1.45. The number of para-hydroxylation sites is 1. The van der Waals surface area contributed by atoms with Crippen molar-refractivity contribution >= 4 is 17.8 Å². The average molecular weight is 317 g/mol. The Labute approximate surface area is 132 Å². The van der Waals surface area contributed by atoms with E-state index >= 15 is 0 Å². The van der Waals surface area contributed by atoms with E-state index in [4.69, 9.17) is 4.74 Å². The average Bonchev–Trinajstić information content (AvgIpc) is 2.54. The number of phenolic OH excluding ortho intramolecular Hbond substituents is 1. The minimum Gasteiger partial charge on any atom is -0.504 e. The number of anilines is 1. The van der Waals surface area contributed by atoms with E-state index in [2.05, 4.69) is 15.8 Å². The van der Waals surface area contributed by atoms with Gasteiger partial charge in [-0.15, -0.1) is 0 Å². The number of amides is 1. The van der Waals surface area contributed by atoms with Gasteiger partial charge in [-0.25, -0.2) is 9.82 Å². The molecule has 0 radical (unpaired) electrons. The van der Waals surface area contributed by atoms with Crippen molar-refractivity contribution in [3.8, 4) is 11.5 Å². The maximum atomic E-state index is 13.4. The minimum absolute atomic E-state index is 0.0241. The third-order valence-electron chi connectivity index (χ3n) is 2.92. The standard InChI is InChI=1S/C16H16FN3O3/c1-23-15-7-6-11(8-14(15)21)9-19-20-16(22)10-18-13-5-3-2-4-12(13)17/h2-9,18,21H,10H2,1H3,(H,20,22)/b19-9-. The Morgan fingerprint density at radius 1 is 1.35 bits per heavy atom. The molecule has 2 rings (SSSR count). The van der Waals surface area contributed by atoms with E-state index in [9.17, 15) is 14.3 Å². The Morgan fingerprint density at radius 2 is 2.13 bits per heavy atom. The number of rotatable bonds is 6. The van der Waals surface area contributed by atoms with Crippen LogP contribution in [0.15, 0.2) is 47.6 Å². The first kappa shape index (κ1) is 16.3. The highest BCUT2D eigenvalue weighted by atomic mass is 19.1. The maximum Gasteiger partial charge on any atom is 0.259 e. The lowest BCUT2D eigenvalue weighted by Gasteiger charge is -2.06. The molecule has 120 valence electrons. The van der Waals surface area contributed by atoms with Gasteiger partial charge in [-0.3, -0.25) is 4.79 Å². The van der Waals surface area contributed by atoms with Crippen LogP contribution in [0.4, 0.5) is 10.1 Å². The van der Waals surface area contributed by atoms with Gasteiger partial charge >= 0.3 is 0 Å². The fourth-order valence-corrected chi connectivity index (χ4v) is 1.79. The third kappa shape index (κ3) is 4.70. The normalized spacial score (nSPS) is 10.5. The quantitative estimate of drug-likeness (QED) is 0.563. The summed E-state index contributed by atoms with van der Waals surface area (Å²) in [5.74, 6) is -0.538. The van der Waals surface area contributed by atoms with E-state index in [1.54, 1.807) is 24.3 Å². The first-order valence-electron chi connectivity index (χ1n) is 6.77. The van der Waals surface area contributed by atoms with Gasteiger partial charge in [0, 0.05) is 0 Å². The highest BCUT2D eigenvalue weighted by molar-refractivity contribution is 5.84. The number of carbonyl (C=O) groups excluding carboxylic acids is 1. The van der Waals surface area contributed by atoms with Crippen LogP contribution in [0.3, 0.4) is 0 Å². The summed E-state index contributed by atoms with van der Waals surface area (Å²) < 4.78 is 18.3. The number of carbonyl (C=O) groups is 1. The summed E-state index contributed by atoms with van der Waals surface area (Å²) in [5, 5.41) is 16.0. The monoisotopic (exact) mass is 317 g/mol. The van der Waals surface area contributed by atoms with Gasteiger partial charge in [-0.2, -0.15) is 5.10 Å². The molecular formula is C16H16FN3O3. The Balaban J connectivity index is 1.84. The summed E-state index contributed by atoms with van der Waals surface area (Å²) in [4.78, 5) is 11.6. The largest absolute Gasteiger partial charge is 0.504 e. The lowest BCUT2D eigenvalue weighted by atomic mass is 10.2. The zero-order valence-electron chi connectivity index (χ0n) is 12.4. The highest BCUT2D eigenvalue weighted by Gasteiger charge is 2.03. The van der Waals surface area contributed by atoms with Crippen molar-refractivity contribution in [3.63, 3.8) is 0 Å². The van der Waals surface area contributed by atoms with Gasteiger partial charge in [0.25, 0.3) is 5.91 Å². The summed E-state index contributed by atoms with van der Waals surface area (Å²) in [6.07, 6.45) is 1.38. The lowest BCUT2D eigenvalue weighted by molar-refractivity contribution is -0.119. The van der Waals surface area contributed by atoms with Crippen molar-refractivity contribution in [2.24, 2.45) is 5.10 Å². The second kappa shape index (κ2) is 7.79. The predicted molar refractivity (Wildman–Crippen MR) is 85.3 cm³/mol. The number of benzene rings is 2. The van der Waals surface area contributed by atoms with Gasteiger partial charge in [0.2, 0.25) is 0 Å². The van der Waals surface area contributed by atoms with E-state index < -0.39 is 11.7 Å². The van der Waals surface area contributed by atoms with Crippen molar-refractivity contribution in [2.75, 3.05) is 19.0 Å². The van der Waals surface area contributed by atoms with Gasteiger partial charge < -0.3 is 15.2 Å². The fraction of sp³-hybridized carbons (Fsp3) is 0.125. The van der Waals surface area contributed by atoms with Gasteiger partial charge in [-0.1, -0.05) is 12.1 Å². The van der Waals surface area contributed by atoms with Crippen LogP contribution in [-0.2, 0) is 4.79 Å². The van der Waals surface area contributed by atoms with Crippen molar-refractivity contribution in [1.82, 2.24) is 5.43 Å². The van der Waals surface area contributed by atoms with Gasteiger partial charge in [0.15, 0.2) is 11.5 Å². The van der Waals surface area contributed by atoms with Crippen LogP contribution in [0.25, 0.3) is 0 Å². The molecule has 0 aliphatic carbocycles. The molecule has 0 unspecified atom stereocenters. The van der Waals surface area contributed by atoms with Crippen LogP contribution in [0.5, 0.6) is 11.5 Å². The Kier molecular flexibility index (Phi) is 5.51. The lowest BCUT2D eigenvalue weighted by Crippen LogP contribution is -2.26. The zero-order valence-corrected chi connectivity index (χ0v) is 12.4. The predicted octanol–water partition coefficient (Wildman–Crippen LogP) is 2.10. The number of nitrogens with one attached hydrogen (secondary N) is 2. The molecule has 2 aromatic carbocycles. The smallest absolute Gasteiger partial charge is 0.259 e. The molecule has 0 atom stereocenters. The summed E-state index contributed by atoms with van der Waals surface area (Å²) >= 11 is 0. The third-order valence-corrected chi connectivity index (χ3v) is 2.92. The van der Waals surface area contributed by atoms with Crippen molar-refractivity contribution in [1.29, 1.82) is 0 Å². The molecular weight excluding hydrogens is 301 g/mol. The van der Waals surface area contributed by atoms with Crippen LogP contribution in [0.2, 0.25) is 0 Å². The minimum atomic E-state index is -0.433. The van der Waals surface area contributed by atoms with Crippen LogP contribution < -0.4 is 15.5 Å². The van der Waals surface area contributed by atoms with Gasteiger partial charge in [-0.05, 0) is 35.9 Å². The number of ether oxygens (including phenoxy) is 1. The second-order valence-electron chi connectivity index (χ2n) is 4.56. The molecule has 0 aliphatic heterocycles. The molecule has 7 heteroatoms. The van der Waals surface area contributed by atoms with E-state index in [-0.39, 0.29) is 18.0 Å². The Bertz CT molecular complexity index is 719. The molecule has 2 aromatic rings. The number of hydrazone groups is 1. The first-order valence-corrected chi connectivity index (χ1v) is 6.77. The second-order valence-corrected chi connectivity index (χ2v) is 4.56.